The van der Waals surface area contributed by atoms with Crippen LogP contribution in [0.2, 0.25) is 0 Å². The lowest BCUT2D eigenvalue weighted by atomic mass is 10.2. The number of ether oxygens (including phenoxy) is 1. The Morgan fingerprint density at radius 2 is 1.54 bits per heavy atom. The van der Waals surface area contributed by atoms with Crippen LogP contribution in [0.25, 0.3) is 22.8 Å². The van der Waals surface area contributed by atoms with Crippen molar-refractivity contribution in [2.45, 2.75) is 0 Å². The number of phenolic OH excluding ortho intramolecular Hbond substituents is 2. The highest BCUT2D eigenvalue weighted by atomic mass is 16.5. The molecule has 0 saturated carbocycles. The molecule has 0 atom stereocenters. The van der Waals surface area contributed by atoms with Crippen molar-refractivity contribution in [2.24, 2.45) is 0 Å². The number of rotatable bonds is 4. The molecule has 0 bridgehead atoms. The van der Waals surface area contributed by atoms with Crippen molar-refractivity contribution in [1.82, 2.24) is 10.1 Å². The zero-order valence-corrected chi connectivity index (χ0v) is 13.5. The molecule has 0 radical (unpaired) electrons. The molecule has 0 aliphatic carbocycles. The molecule has 6 heteroatoms. The summed E-state index contributed by atoms with van der Waals surface area (Å²) in [5.41, 5.74) is 1.28. The van der Waals surface area contributed by atoms with Gasteiger partial charge in [-0.25, -0.2) is 0 Å². The average Bonchev–Trinajstić information content (AvgIpc) is 3.15. The molecule has 128 valence electrons. The smallest absolute Gasteiger partial charge is 0.258 e. The zero-order chi connectivity index (χ0) is 17.9. The van der Waals surface area contributed by atoms with Crippen LogP contribution >= 0.6 is 0 Å². The SMILES string of the molecule is Oc1ccc(-c2nc(-c3ccc(Oc4ccccc4)c(O)c3)no2)cc1. The van der Waals surface area contributed by atoms with Gasteiger partial charge in [-0.15, -0.1) is 0 Å². The second-order valence-electron chi connectivity index (χ2n) is 5.57. The molecule has 0 amide bonds. The second-order valence-corrected chi connectivity index (χ2v) is 5.57. The van der Waals surface area contributed by atoms with Crippen LogP contribution in [0, 0.1) is 0 Å². The number of nitrogens with zero attached hydrogens (tertiary/aromatic N) is 2. The Labute approximate surface area is 148 Å². The first kappa shape index (κ1) is 15.7. The first-order chi connectivity index (χ1) is 12.7. The lowest BCUT2D eigenvalue weighted by molar-refractivity contribution is 0.411. The van der Waals surface area contributed by atoms with Crippen molar-refractivity contribution >= 4 is 0 Å². The Kier molecular flexibility index (Phi) is 3.99. The number of aromatic hydroxyl groups is 2. The van der Waals surface area contributed by atoms with E-state index in [0.717, 1.165) is 0 Å². The van der Waals surface area contributed by atoms with Gasteiger partial charge in [-0.3, -0.25) is 0 Å². The average molecular weight is 346 g/mol. The van der Waals surface area contributed by atoms with Crippen molar-refractivity contribution in [1.29, 1.82) is 0 Å². The third kappa shape index (κ3) is 3.21. The molecule has 3 aromatic carbocycles. The van der Waals surface area contributed by atoms with E-state index in [2.05, 4.69) is 10.1 Å². The summed E-state index contributed by atoms with van der Waals surface area (Å²) in [7, 11) is 0. The van der Waals surface area contributed by atoms with Gasteiger partial charge in [0.1, 0.15) is 11.5 Å². The molecule has 0 aliphatic heterocycles. The summed E-state index contributed by atoms with van der Waals surface area (Å²) < 4.78 is 10.9. The van der Waals surface area contributed by atoms with E-state index in [-0.39, 0.29) is 11.5 Å². The Morgan fingerprint density at radius 1 is 0.808 bits per heavy atom. The van der Waals surface area contributed by atoms with E-state index in [9.17, 15) is 10.2 Å². The van der Waals surface area contributed by atoms with E-state index in [4.69, 9.17) is 9.26 Å². The quantitative estimate of drug-likeness (QED) is 0.561. The summed E-state index contributed by atoms with van der Waals surface area (Å²) in [6.45, 7) is 0. The highest BCUT2D eigenvalue weighted by Crippen LogP contribution is 2.34. The lowest BCUT2D eigenvalue weighted by Crippen LogP contribution is -1.86. The van der Waals surface area contributed by atoms with E-state index >= 15 is 0 Å². The first-order valence-corrected chi connectivity index (χ1v) is 7.88. The fourth-order valence-corrected chi connectivity index (χ4v) is 2.42. The topological polar surface area (TPSA) is 88.6 Å². The minimum atomic E-state index is -0.0256. The summed E-state index contributed by atoms with van der Waals surface area (Å²) in [5, 5.41) is 23.5. The number of hydrogen-bond donors (Lipinski definition) is 2. The minimum absolute atomic E-state index is 0.0256. The van der Waals surface area contributed by atoms with Crippen molar-refractivity contribution in [3.05, 3.63) is 72.8 Å². The standard InChI is InChI=1S/C20H14N2O4/c23-15-9-6-13(7-10-15)20-21-19(22-26-20)14-8-11-18(17(24)12-14)25-16-4-2-1-3-5-16/h1-12,23-24H. The molecule has 26 heavy (non-hydrogen) atoms. The van der Waals surface area contributed by atoms with Gasteiger partial charge in [-0.05, 0) is 54.6 Å². The van der Waals surface area contributed by atoms with Gasteiger partial charge in [0.05, 0.1) is 0 Å². The maximum atomic E-state index is 10.2. The monoisotopic (exact) mass is 346 g/mol. The lowest BCUT2D eigenvalue weighted by Gasteiger charge is -2.07. The second kappa shape index (κ2) is 6.60. The van der Waals surface area contributed by atoms with E-state index in [1.54, 1.807) is 48.5 Å². The number of aromatic nitrogens is 2. The third-order valence-corrected chi connectivity index (χ3v) is 3.73. The van der Waals surface area contributed by atoms with Crippen LogP contribution in [0.4, 0.5) is 0 Å². The van der Waals surface area contributed by atoms with Gasteiger partial charge < -0.3 is 19.5 Å². The van der Waals surface area contributed by atoms with Crippen LogP contribution in [0.3, 0.4) is 0 Å². The van der Waals surface area contributed by atoms with E-state index in [0.29, 0.717) is 34.3 Å². The molecule has 0 unspecified atom stereocenters. The molecule has 6 nitrogen and oxygen atoms in total. The summed E-state index contributed by atoms with van der Waals surface area (Å²) in [5.74, 6) is 1.76. The zero-order valence-electron chi connectivity index (χ0n) is 13.5. The van der Waals surface area contributed by atoms with Crippen LogP contribution in [0.1, 0.15) is 0 Å². The number of para-hydroxylation sites is 1. The van der Waals surface area contributed by atoms with Crippen molar-refractivity contribution < 1.29 is 19.5 Å². The van der Waals surface area contributed by atoms with Gasteiger partial charge in [0, 0.05) is 11.1 Å². The maximum Gasteiger partial charge on any atom is 0.258 e. The third-order valence-electron chi connectivity index (χ3n) is 3.73. The van der Waals surface area contributed by atoms with Gasteiger partial charge in [-0.1, -0.05) is 23.4 Å². The molecule has 1 heterocycles. The summed E-state index contributed by atoms with van der Waals surface area (Å²) in [4.78, 5) is 4.32. The normalized spacial score (nSPS) is 10.6. The molecule has 0 saturated heterocycles. The largest absolute Gasteiger partial charge is 0.508 e. The molecule has 0 fully saturated rings. The molecule has 1 aromatic heterocycles. The van der Waals surface area contributed by atoms with Crippen LogP contribution in [-0.4, -0.2) is 20.4 Å². The summed E-state index contributed by atoms with van der Waals surface area (Å²) in [6, 6.07) is 20.5. The molecule has 4 rings (SSSR count). The predicted molar refractivity (Wildman–Crippen MR) is 95.0 cm³/mol. The maximum absolute atomic E-state index is 10.2. The molecular formula is C20H14N2O4. The Bertz CT molecular complexity index is 1030. The molecule has 0 aliphatic rings. The fraction of sp³-hybridized carbons (Fsp3) is 0. The van der Waals surface area contributed by atoms with Crippen molar-refractivity contribution in [3.8, 4) is 45.8 Å². The fourth-order valence-electron chi connectivity index (χ4n) is 2.42. The highest BCUT2D eigenvalue weighted by molar-refractivity contribution is 5.63. The molecule has 2 N–H and O–H groups in total. The van der Waals surface area contributed by atoms with Gasteiger partial charge in [-0.2, -0.15) is 4.98 Å². The van der Waals surface area contributed by atoms with Crippen LogP contribution < -0.4 is 4.74 Å². The van der Waals surface area contributed by atoms with Gasteiger partial charge in [0.2, 0.25) is 5.82 Å². The first-order valence-electron chi connectivity index (χ1n) is 7.88. The van der Waals surface area contributed by atoms with Crippen LogP contribution in [0.15, 0.2) is 77.3 Å². The van der Waals surface area contributed by atoms with E-state index in [1.165, 1.54) is 6.07 Å². The van der Waals surface area contributed by atoms with Crippen molar-refractivity contribution in [2.75, 3.05) is 0 Å². The molecule has 0 spiro atoms. The van der Waals surface area contributed by atoms with E-state index in [1.807, 2.05) is 18.2 Å². The summed E-state index contributed by atoms with van der Waals surface area (Å²) in [6.07, 6.45) is 0. The van der Waals surface area contributed by atoms with Gasteiger partial charge in [0.15, 0.2) is 11.5 Å². The molecule has 4 aromatic rings. The van der Waals surface area contributed by atoms with Gasteiger partial charge >= 0.3 is 0 Å². The van der Waals surface area contributed by atoms with Crippen molar-refractivity contribution in [3.63, 3.8) is 0 Å². The number of hydrogen-bond acceptors (Lipinski definition) is 6. The van der Waals surface area contributed by atoms with Gasteiger partial charge in [0.25, 0.3) is 5.89 Å². The highest BCUT2D eigenvalue weighted by Gasteiger charge is 2.13. The van der Waals surface area contributed by atoms with Crippen LogP contribution in [-0.2, 0) is 0 Å². The van der Waals surface area contributed by atoms with E-state index < -0.39 is 0 Å². The Balaban J connectivity index is 1.59. The predicted octanol–water partition coefficient (Wildman–Crippen LogP) is 4.61. The summed E-state index contributed by atoms with van der Waals surface area (Å²) >= 11 is 0. The Hall–Kier alpha value is -3.80. The number of benzene rings is 3. The number of phenols is 2. The Morgan fingerprint density at radius 3 is 2.27 bits per heavy atom. The minimum Gasteiger partial charge on any atom is -0.508 e. The molecular weight excluding hydrogens is 332 g/mol. The van der Waals surface area contributed by atoms with Crippen LogP contribution in [0.5, 0.6) is 23.0 Å².